The first-order valence-corrected chi connectivity index (χ1v) is 6.39. The summed E-state index contributed by atoms with van der Waals surface area (Å²) in [5.41, 5.74) is 1.39. The number of carbonyl (C=O) groups is 1. The van der Waals surface area contributed by atoms with Gasteiger partial charge in [-0.05, 0) is 6.92 Å². The molecule has 0 aromatic carbocycles. The van der Waals surface area contributed by atoms with Crippen LogP contribution in [-0.4, -0.2) is 28.7 Å². The average Bonchev–Trinajstić information content (AvgIpc) is 2.76. The maximum absolute atomic E-state index is 11.4. The second-order valence-corrected chi connectivity index (χ2v) is 3.78. The molecule has 0 amide bonds. The van der Waals surface area contributed by atoms with Crippen LogP contribution in [0.3, 0.4) is 0 Å². The third kappa shape index (κ3) is 2.76. The maximum Gasteiger partial charge on any atom is 0.356 e. The Bertz CT molecular complexity index is 352. The number of aromatic nitrogens is 2. The minimum absolute atomic E-state index is 0.328. The number of carbonyl (C=O) groups excluding carboxylic acids is 1. The zero-order valence-corrected chi connectivity index (χ0v) is 10.6. The summed E-state index contributed by atoms with van der Waals surface area (Å²) in [4.78, 5) is 11.4. The number of ether oxygens (including phenoxy) is 1. The van der Waals surface area contributed by atoms with E-state index >= 15 is 0 Å². The number of aromatic amines is 1. The number of esters is 1. The van der Waals surface area contributed by atoms with E-state index in [1.807, 2.05) is 13.8 Å². The SMILES string of the molecule is CC.CCOC(=O)c1[nH]nc2c1CNCS2. The molecule has 0 aliphatic carbocycles. The summed E-state index contributed by atoms with van der Waals surface area (Å²) in [6.45, 7) is 6.84. The summed E-state index contributed by atoms with van der Waals surface area (Å²) in [6.07, 6.45) is 0. The van der Waals surface area contributed by atoms with Crippen LogP contribution in [0.2, 0.25) is 0 Å². The molecule has 1 aliphatic heterocycles. The summed E-state index contributed by atoms with van der Waals surface area (Å²) in [5.74, 6) is 0.505. The molecule has 1 aliphatic rings. The van der Waals surface area contributed by atoms with Gasteiger partial charge in [-0.25, -0.2) is 4.79 Å². The predicted octanol–water partition coefficient (Wildman–Crippen LogP) is 1.77. The topological polar surface area (TPSA) is 67.0 Å². The highest BCUT2D eigenvalue weighted by Crippen LogP contribution is 2.25. The molecule has 0 saturated carbocycles. The fourth-order valence-electron chi connectivity index (χ4n) is 1.30. The van der Waals surface area contributed by atoms with Gasteiger partial charge in [-0.2, -0.15) is 5.10 Å². The molecule has 0 radical (unpaired) electrons. The molecule has 2 rings (SSSR count). The minimum atomic E-state index is -0.328. The van der Waals surface area contributed by atoms with Crippen molar-refractivity contribution < 1.29 is 9.53 Å². The van der Waals surface area contributed by atoms with Crippen molar-refractivity contribution in [3.8, 4) is 0 Å². The van der Waals surface area contributed by atoms with Crippen molar-refractivity contribution >= 4 is 17.7 Å². The fourth-order valence-corrected chi connectivity index (χ4v) is 2.10. The molecule has 0 spiro atoms. The Kier molecular flexibility index (Phi) is 5.34. The summed E-state index contributed by atoms with van der Waals surface area (Å²) in [7, 11) is 0. The first-order chi connectivity index (χ1) is 7.83. The number of rotatable bonds is 2. The van der Waals surface area contributed by atoms with Crippen molar-refractivity contribution in [3.63, 3.8) is 0 Å². The van der Waals surface area contributed by atoms with Gasteiger partial charge in [-0.3, -0.25) is 5.10 Å². The molecule has 1 aromatic heterocycles. The van der Waals surface area contributed by atoms with Crippen molar-refractivity contribution in [2.45, 2.75) is 32.3 Å². The van der Waals surface area contributed by atoms with E-state index in [1.54, 1.807) is 18.7 Å². The molecule has 6 heteroatoms. The second-order valence-electron chi connectivity index (χ2n) is 2.82. The number of nitrogens with one attached hydrogen (secondary N) is 2. The van der Waals surface area contributed by atoms with Crippen molar-refractivity contribution in [2.24, 2.45) is 0 Å². The van der Waals surface area contributed by atoms with Gasteiger partial charge in [-0.1, -0.05) is 25.6 Å². The number of hydrogen-bond acceptors (Lipinski definition) is 5. The van der Waals surface area contributed by atoms with Crippen molar-refractivity contribution in [1.29, 1.82) is 0 Å². The van der Waals surface area contributed by atoms with E-state index in [0.29, 0.717) is 18.8 Å². The second kappa shape index (κ2) is 6.55. The summed E-state index contributed by atoms with van der Waals surface area (Å²) in [5, 5.41) is 10.8. The Morgan fingerprint density at radius 3 is 3.00 bits per heavy atom. The van der Waals surface area contributed by atoms with Gasteiger partial charge in [0.1, 0.15) is 10.7 Å². The number of nitrogens with zero attached hydrogens (tertiary/aromatic N) is 1. The van der Waals surface area contributed by atoms with Crippen LogP contribution in [0, 0.1) is 0 Å². The Labute approximate surface area is 99.3 Å². The largest absolute Gasteiger partial charge is 0.461 e. The predicted molar refractivity (Wildman–Crippen MR) is 63.5 cm³/mol. The Morgan fingerprint density at radius 2 is 2.31 bits per heavy atom. The standard InChI is InChI=1S/C8H11N3O2S.C2H6/c1-2-13-8(12)6-5-3-9-4-14-7(5)11-10-6;1-2/h9H,2-4H2,1H3,(H,10,11);1-2H3. The van der Waals surface area contributed by atoms with Crippen LogP contribution in [0.1, 0.15) is 36.8 Å². The van der Waals surface area contributed by atoms with Gasteiger partial charge in [0.2, 0.25) is 0 Å². The van der Waals surface area contributed by atoms with Crippen LogP contribution in [0.15, 0.2) is 5.03 Å². The number of fused-ring (bicyclic) bond motifs is 1. The molecular weight excluding hydrogens is 226 g/mol. The Morgan fingerprint density at radius 1 is 1.56 bits per heavy atom. The Hall–Kier alpha value is -1.01. The molecular formula is C10H17N3O2S. The van der Waals surface area contributed by atoms with Crippen LogP contribution >= 0.6 is 11.8 Å². The lowest BCUT2D eigenvalue weighted by Crippen LogP contribution is -2.19. The van der Waals surface area contributed by atoms with Crippen LogP contribution in [0.5, 0.6) is 0 Å². The highest BCUT2D eigenvalue weighted by atomic mass is 32.2. The first-order valence-electron chi connectivity index (χ1n) is 5.40. The molecule has 0 atom stereocenters. The van der Waals surface area contributed by atoms with Crippen molar-refractivity contribution in [3.05, 3.63) is 11.3 Å². The minimum Gasteiger partial charge on any atom is -0.461 e. The van der Waals surface area contributed by atoms with Crippen LogP contribution in [0.4, 0.5) is 0 Å². The number of hydrogen-bond donors (Lipinski definition) is 2. The molecule has 16 heavy (non-hydrogen) atoms. The Balaban J connectivity index is 0.000000606. The highest BCUT2D eigenvalue weighted by Gasteiger charge is 2.22. The van der Waals surface area contributed by atoms with Crippen LogP contribution < -0.4 is 5.32 Å². The van der Waals surface area contributed by atoms with Crippen molar-refractivity contribution in [1.82, 2.24) is 15.5 Å². The van der Waals surface area contributed by atoms with E-state index in [4.69, 9.17) is 4.74 Å². The lowest BCUT2D eigenvalue weighted by Gasteiger charge is -2.11. The summed E-state index contributed by atoms with van der Waals surface area (Å²) >= 11 is 1.58. The molecule has 0 fully saturated rings. The smallest absolute Gasteiger partial charge is 0.356 e. The van der Waals surface area contributed by atoms with E-state index in [9.17, 15) is 4.79 Å². The first kappa shape index (κ1) is 13.1. The van der Waals surface area contributed by atoms with Gasteiger partial charge >= 0.3 is 5.97 Å². The van der Waals surface area contributed by atoms with E-state index in [-0.39, 0.29) is 5.97 Å². The van der Waals surface area contributed by atoms with E-state index in [2.05, 4.69) is 15.5 Å². The van der Waals surface area contributed by atoms with E-state index in [1.165, 1.54) is 0 Å². The molecule has 90 valence electrons. The molecule has 0 bridgehead atoms. The molecule has 5 nitrogen and oxygen atoms in total. The third-order valence-electron chi connectivity index (χ3n) is 1.92. The van der Waals surface area contributed by atoms with E-state index < -0.39 is 0 Å². The van der Waals surface area contributed by atoms with Gasteiger partial charge in [0.05, 0.1) is 6.61 Å². The quantitative estimate of drug-likeness (QED) is 0.775. The molecule has 0 saturated heterocycles. The molecule has 2 N–H and O–H groups in total. The number of H-pyrrole nitrogens is 1. The fraction of sp³-hybridized carbons (Fsp3) is 0.600. The zero-order valence-electron chi connectivity index (χ0n) is 9.79. The molecule has 1 aromatic rings. The van der Waals surface area contributed by atoms with Crippen molar-refractivity contribution in [2.75, 3.05) is 12.5 Å². The molecule has 0 unspecified atom stereocenters. The van der Waals surface area contributed by atoms with E-state index in [0.717, 1.165) is 16.5 Å². The van der Waals surface area contributed by atoms with Gasteiger partial charge in [0.25, 0.3) is 0 Å². The highest BCUT2D eigenvalue weighted by molar-refractivity contribution is 7.99. The monoisotopic (exact) mass is 243 g/mol. The van der Waals surface area contributed by atoms with Gasteiger partial charge in [0.15, 0.2) is 0 Å². The zero-order chi connectivity index (χ0) is 12.0. The van der Waals surface area contributed by atoms with Gasteiger partial charge in [0, 0.05) is 18.0 Å². The van der Waals surface area contributed by atoms with Gasteiger partial charge in [-0.15, -0.1) is 0 Å². The lowest BCUT2D eigenvalue weighted by atomic mass is 10.2. The third-order valence-corrected chi connectivity index (χ3v) is 2.88. The normalized spacial score (nSPS) is 13.4. The lowest BCUT2D eigenvalue weighted by molar-refractivity contribution is 0.0518. The summed E-state index contributed by atoms with van der Waals surface area (Å²) < 4.78 is 4.91. The van der Waals surface area contributed by atoms with Gasteiger partial charge < -0.3 is 10.1 Å². The summed E-state index contributed by atoms with van der Waals surface area (Å²) in [6, 6.07) is 0. The van der Waals surface area contributed by atoms with Crippen LogP contribution in [0.25, 0.3) is 0 Å². The average molecular weight is 243 g/mol. The number of thioether (sulfide) groups is 1. The maximum atomic E-state index is 11.4. The molecule has 2 heterocycles. The van der Waals surface area contributed by atoms with Crippen LogP contribution in [-0.2, 0) is 11.3 Å².